The van der Waals surface area contributed by atoms with Gasteiger partial charge in [0, 0.05) is 17.0 Å². The molecule has 0 fully saturated rings. The van der Waals surface area contributed by atoms with Gasteiger partial charge in [-0.3, -0.25) is 0 Å². The van der Waals surface area contributed by atoms with E-state index in [4.69, 9.17) is 5.73 Å². The van der Waals surface area contributed by atoms with E-state index in [1.807, 2.05) is 13.8 Å². The summed E-state index contributed by atoms with van der Waals surface area (Å²) in [6, 6.07) is 4.78. The Labute approximate surface area is 126 Å². The second kappa shape index (κ2) is 5.97. The fourth-order valence-corrected chi connectivity index (χ4v) is 2.70. The number of rotatable bonds is 3. The predicted octanol–water partition coefficient (Wildman–Crippen LogP) is 3.72. The van der Waals surface area contributed by atoms with Crippen LogP contribution in [0, 0.1) is 19.7 Å². The van der Waals surface area contributed by atoms with Crippen LogP contribution in [0.4, 0.5) is 4.39 Å². The number of hydrogen-bond acceptors (Lipinski definition) is 3. The molecule has 5 heteroatoms. The summed E-state index contributed by atoms with van der Waals surface area (Å²) in [4.78, 5) is 9.07. The van der Waals surface area contributed by atoms with E-state index < -0.39 is 0 Å². The van der Waals surface area contributed by atoms with Gasteiger partial charge in [-0.25, -0.2) is 14.4 Å². The highest BCUT2D eigenvalue weighted by atomic mass is 79.9. The van der Waals surface area contributed by atoms with E-state index in [1.165, 1.54) is 6.07 Å². The lowest BCUT2D eigenvalue weighted by atomic mass is 9.98. The van der Waals surface area contributed by atoms with Crippen LogP contribution in [-0.4, -0.2) is 16.5 Å². The molecular weight excluding hydrogens is 321 g/mol. The third-order valence-corrected chi connectivity index (χ3v) is 3.96. The molecule has 0 bridgehead atoms. The maximum atomic E-state index is 13.3. The number of hydrogen-bond donors (Lipinski definition) is 1. The number of nitrogens with two attached hydrogens (primary N) is 1. The number of aryl methyl sites for hydroxylation is 2. The Balaban J connectivity index is 2.51. The van der Waals surface area contributed by atoms with Crippen LogP contribution in [0.1, 0.15) is 29.8 Å². The van der Waals surface area contributed by atoms with Gasteiger partial charge in [0.25, 0.3) is 0 Å². The minimum Gasteiger partial charge on any atom is -0.330 e. The quantitative estimate of drug-likeness (QED) is 0.928. The zero-order valence-corrected chi connectivity index (χ0v) is 13.3. The number of halogens is 2. The number of benzene rings is 1. The molecule has 0 radical (unpaired) electrons. The monoisotopic (exact) mass is 337 g/mol. The molecule has 0 aliphatic carbocycles. The molecule has 1 unspecified atom stereocenters. The third kappa shape index (κ3) is 2.88. The fourth-order valence-electron chi connectivity index (χ4n) is 2.32. The van der Waals surface area contributed by atoms with Gasteiger partial charge in [0.1, 0.15) is 5.82 Å². The first kappa shape index (κ1) is 15.1. The highest BCUT2D eigenvalue weighted by molar-refractivity contribution is 9.10. The first-order chi connectivity index (χ1) is 9.43. The van der Waals surface area contributed by atoms with Crippen LogP contribution < -0.4 is 5.73 Å². The Morgan fingerprint density at radius 3 is 2.35 bits per heavy atom. The molecule has 0 saturated carbocycles. The highest BCUT2D eigenvalue weighted by Crippen LogP contribution is 2.26. The molecule has 0 aliphatic heterocycles. The second-order valence-corrected chi connectivity index (χ2v) is 5.75. The Morgan fingerprint density at radius 1 is 1.25 bits per heavy atom. The van der Waals surface area contributed by atoms with E-state index in [-0.39, 0.29) is 11.7 Å². The zero-order valence-electron chi connectivity index (χ0n) is 11.7. The first-order valence-electron chi connectivity index (χ1n) is 6.44. The van der Waals surface area contributed by atoms with Crippen molar-refractivity contribution in [1.29, 1.82) is 0 Å². The van der Waals surface area contributed by atoms with Gasteiger partial charge in [-0.15, -0.1) is 0 Å². The van der Waals surface area contributed by atoms with Crippen molar-refractivity contribution in [1.82, 2.24) is 9.97 Å². The average Bonchev–Trinajstić information content (AvgIpc) is 2.40. The first-order valence-corrected chi connectivity index (χ1v) is 7.24. The van der Waals surface area contributed by atoms with Crippen LogP contribution in [0.25, 0.3) is 11.4 Å². The van der Waals surface area contributed by atoms with Crippen LogP contribution >= 0.6 is 15.9 Å². The van der Waals surface area contributed by atoms with Gasteiger partial charge in [0.05, 0.1) is 4.47 Å². The van der Waals surface area contributed by atoms with Crippen molar-refractivity contribution in [3.8, 4) is 11.4 Å². The molecule has 1 aromatic heterocycles. The van der Waals surface area contributed by atoms with Gasteiger partial charge in [0.2, 0.25) is 0 Å². The van der Waals surface area contributed by atoms with Gasteiger partial charge in [0.15, 0.2) is 5.82 Å². The van der Waals surface area contributed by atoms with Crippen LogP contribution in [0.2, 0.25) is 0 Å². The Morgan fingerprint density at radius 2 is 1.85 bits per heavy atom. The van der Waals surface area contributed by atoms with Crippen molar-refractivity contribution in [3.63, 3.8) is 0 Å². The third-order valence-electron chi connectivity index (χ3n) is 3.35. The van der Waals surface area contributed by atoms with Crippen LogP contribution in [-0.2, 0) is 0 Å². The Hall–Kier alpha value is -1.33. The van der Waals surface area contributed by atoms with Crippen molar-refractivity contribution in [2.24, 2.45) is 5.73 Å². The highest BCUT2D eigenvalue weighted by Gasteiger charge is 2.15. The molecule has 2 aromatic rings. The Bertz CT molecular complexity index is 620. The van der Waals surface area contributed by atoms with E-state index in [0.29, 0.717) is 16.8 Å². The molecule has 0 spiro atoms. The molecule has 0 amide bonds. The van der Waals surface area contributed by atoms with Crippen LogP contribution in [0.3, 0.4) is 0 Å². The van der Waals surface area contributed by atoms with Crippen molar-refractivity contribution in [2.45, 2.75) is 26.7 Å². The van der Waals surface area contributed by atoms with E-state index in [9.17, 15) is 4.39 Å². The largest absolute Gasteiger partial charge is 0.330 e. The molecule has 3 nitrogen and oxygen atoms in total. The van der Waals surface area contributed by atoms with Gasteiger partial charge >= 0.3 is 0 Å². The van der Waals surface area contributed by atoms with Crippen molar-refractivity contribution in [3.05, 3.63) is 45.4 Å². The topological polar surface area (TPSA) is 51.8 Å². The lowest BCUT2D eigenvalue weighted by molar-refractivity contribution is 0.621. The van der Waals surface area contributed by atoms with Crippen molar-refractivity contribution < 1.29 is 4.39 Å². The predicted molar refractivity (Wildman–Crippen MR) is 82.1 cm³/mol. The smallest absolute Gasteiger partial charge is 0.159 e. The second-order valence-electron chi connectivity index (χ2n) is 4.90. The molecule has 1 heterocycles. The maximum Gasteiger partial charge on any atom is 0.159 e. The molecule has 0 saturated heterocycles. The summed E-state index contributed by atoms with van der Waals surface area (Å²) in [7, 11) is 0. The van der Waals surface area contributed by atoms with E-state index in [2.05, 4.69) is 32.8 Å². The fraction of sp³-hybridized carbons (Fsp3) is 0.333. The standard InChI is InChI=1S/C15H17BrFN3/c1-8(7-18)14-9(2)19-15(20-10(14)3)11-4-5-13(17)12(16)6-11/h4-6,8H,7,18H2,1-3H3. The maximum absolute atomic E-state index is 13.3. The van der Waals surface area contributed by atoms with E-state index in [1.54, 1.807) is 12.1 Å². The lowest BCUT2D eigenvalue weighted by Crippen LogP contribution is -2.14. The summed E-state index contributed by atoms with van der Waals surface area (Å²) < 4.78 is 13.7. The minimum atomic E-state index is -0.296. The lowest BCUT2D eigenvalue weighted by Gasteiger charge is -2.15. The molecular formula is C15H17BrFN3. The summed E-state index contributed by atoms with van der Waals surface area (Å²) in [5.74, 6) is 0.535. The van der Waals surface area contributed by atoms with E-state index in [0.717, 1.165) is 22.5 Å². The molecule has 1 aromatic carbocycles. The summed E-state index contributed by atoms with van der Waals surface area (Å²) in [6.07, 6.45) is 0. The van der Waals surface area contributed by atoms with Crippen LogP contribution in [0.15, 0.2) is 22.7 Å². The van der Waals surface area contributed by atoms with Crippen molar-refractivity contribution >= 4 is 15.9 Å². The molecule has 0 aliphatic rings. The zero-order chi connectivity index (χ0) is 14.9. The summed E-state index contributed by atoms with van der Waals surface area (Å²) in [5, 5.41) is 0. The SMILES string of the molecule is Cc1nc(-c2ccc(F)c(Br)c2)nc(C)c1C(C)CN. The summed E-state index contributed by atoms with van der Waals surface area (Å²) >= 11 is 3.18. The normalized spacial score (nSPS) is 12.5. The molecule has 2 rings (SSSR count). The van der Waals surface area contributed by atoms with Crippen molar-refractivity contribution in [2.75, 3.05) is 6.54 Å². The van der Waals surface area contributed by atoms with Gasteiger partial charge in [-0.2, -0.15) is 0 Å². The molecule has 106 valence electrons. The van der Waals surface area contributed by atoms with Crippen LogP contribution in [0.5, 0.6) is 0 Å². The van der Waals surface area contributed by atoms with E-state index >= 15 is 0 Å². The van der Waals surface area contributed by atoms with Gasteiger partial charge in [-0.05, 0) is 66.0 Å². The minimum absolute atomic E-state index is 0.226. The Kier molecular flexibility index (Phi) is 4.50. The average molecular weight is 338 g/mol. The summed E-state index contributed by atoms with van der Waals surface area (Å²) in [5.41, 5.74) is 9.45. The molecule has 20 heavy (non-hydrogen) atoms. The molecule has 2 N–H and O–H groups in total. The summed E-state index contributed by atoms with van der Waals surface area (Å²) in [6.45, 7) is 6.54. The number of nitrogens with zero attached hydrogens (tertiary/aromatic N) is 2. The molecule has 1 atom stereocenters. The number of aromatic nitrogens is 2. The van der Waals surface area contributed by atoms with Gasteiger partial charge in [-0.1, -0.05) is 6.92 Å². The van der Waals surface area contributed by atoms with Gasteiger partial charge < -0.3 is 5.73 Å².